The Kier molecular flexibility index (Phi) is 10.4. The first-order valence-corrected chi connectivity index (χ1v) is 16.2. The number of aromatic nitrogens is 1. The van der Waals surface area contributed by atoms with E-state index in [1.54, 1.807) is 18.3 Å². The van der Waals surface area contributed by atoms with E-state index in [1.807, 2.05) is 73.0 Å². The molecular formula is C33H28BrIN4O3S. The lowest BCUT2D eigenvalue weighted by molar-refractivity contribution is 0.0955. The van der Waals surface area contributed by atoms with Crippen LogP contribution in [0.15, 0.2) is 99.9 Å². The van der Waals surface area contributed by atoms with Crippen molar-refractivity contribution >= 4 is 72.8 Å². The van der Waals surface area contributed by atoms with Gasteiger partial charge in [-0.05, 0) is 112 Å². The number of halogens is 2. The number of benzene rings is 4. The highest BCUT2D eigenvalue weighted by atomic mass is 127. The minimum absolute atomic E-state index is 0.315. The minimum atomic E-state index is -0.315. The fraction of sp³-hybridized carbons (Fsp3) is 0.121. The van der Waals surface area contributed by atoms with Gasteiger partial charge in [-0.25, -0.2) is 10.4 Å². The Morgan fingerprint density at radius 2 is 1.77 bits per heavy atom. The van der Waals surface area contributed by atoms with Gasteiger partial charge in [0, 0.05) is 25.8 Å². The van der Waals surface area contributed by atoms with E-state index in [1.165, 1.54) is 20.5 Å². The molecule has 4 aromatic carbocycles. The maximum atomic E-state index is 12.7. The molecule has 0 saturated heterocycles. The Hall–Kier alpha value is -3.74. The summed E-state index contributed by atoms with van der Waals surface area (Å²) in [4.78, 5) is 17.4. The monoisotopic (exact) mass is 766 g/mol. The second kappa shape index (κ2) is 14.6. The number of thiazole rings is 1. The van der Waals surface area contributed by atoms with E-state index in [0.717, 1.165) is 37.7 Å². The lowest BCUT2D eigenvalue weighted by atomic mass is 10.1. The average Bonchev–Trinajstić information content (AvgIpc) is 3.47. The number of hydrazone groups is 1. The zero-order chi connectivity index (χ0) is 30.2. The second-order valence-electron chi connectivity index (χ2n) is 9.48. The van der Waals surface area contributed by atoms with E-state index in [2.05, 4.69) is 78.4 Å². The predicted molar refractivity (Wildman–Crippen MR) is 186 cm³/mol. The van der Waals surface area contributed by atoms with Gasteiger partial charge in [0.2, 0.25) is 0 Å². The van der Waals surface area contributed by atoms with Gasteiger partial charge >= 0.3 is 0 Å². The van der Waals surface area contributed by atoms with Crippen molar-refractivity contribution in [1.82, 2.24) is 10.4 Å². The van der Waals surface area contributed by atoms with Crippen LogP contribution in [-0.4, -0.2) is 23.7 Å². The van der Waals surface area contributed by atoms with Gasteiger partial charge in [0.15, 0.2) is 16.6 Å². The van der Waals surface area contributed by atoms with Gasteiger partial charge in [0.05, 0.1) is 23.0 Å². The lowest BCUT2D eigenvalue weighted by Crippen LogP contribution is -2.17. The Morgan fingerprint density at radius 3 is 2.49 bits per heavy atom. The smallest absolute Gasteiger partial charge is 0.271 e. The molecule has 0 unspecified atom stereocenters. The number of hydrogen-bond donors (Lipinski definition) is 2. The number of ether oxygens (including phenoxy) is 2. The number of anilines is 2. The van der Waals surface area contributed by atoms with Crippen molar-refractivity contribution in [3.05, 3.63) is 121 Å². The fourth-order valence-electron chi connectivity index (χ4n) is 4.05. The summed E-state index contributed by atoms with van der Waals surface area (Å²) in [6.07, 6.45) is 1.57. The Labute approximate surface area is 276 Å². The molecule has 0 atom stereocenters. The number of aryl methyl sites for hydroxylation is 1. The van der Waals surface area contributed by atoms with Crippen LogP contribution >= 0.6 is 49.9 Å². The second-order valence-corrected chi connectivity index (χ2v) is 12.4. The number of hydrogen-bond acceptors (Lipinski definition) is 7. The largest absolute Gasteiger partial charge is 0.490 e. The zero-order valence-corrected chi connectivity index (χ0v) is 28.0. The first kappa shape index (κ1) is 30.7. The van der Waals surface area contributed by atoms with Gasteiger partial charge in [0.25, 0.3) is 5.91 Å². The van der Waals surface area contributed by atoms with E-state index >= 15 is 0 Å². The highest BCUT2D eigenvalue weighted by Crippen LogP contribution is 2.37. The molecule has 43 heavy (non-hydrogen) atoms. The summed E-state index contributed by atoms with van der Waals surface area (Å²) in [5.74, 6) is 0.884. The molecule has 10 heteroatoms. The normalized spacial score (nSPS) is 11.0. The van der Waals surface area contributed by atoms with Crippen molar-refractivity contribution in [3.63, 3.8) is 0 Å². The molecule has 0 spiro atoms. The van der Waals surface area contributed by atoms with Crippen LogP contribution in [0.25, 0.3) is 11.3 Å². The molecular weight excluding hydrogens is 739 g/mol. The Balaban J connectivity index is 1.19. The molecule has 1 amide bonds. The summed E-state index contributed by atoms with van der Waals surface area (Å²) in [6, 6.07) is 27.3. The van der Waals surface area contributed by atoms with Crippen molar-refractivity contribution < 1.29 is 14.3 Å². The summed E-state index contributed by atoms with van der Waals surface area (Å²) >= 11 is 7.40. The predicted octanol–water partition coefficient (Wildman–Crippen LogP) is 8.97. The topological polar surface area (TPSA) is 84.8 Å². The van der Waals surface area contributed by atoms with Crippen molar-refractivity contribution in [2.45, 2.75) is 20.5 Å². The quantitative estimate of drug-likeness (QED) is 0.0797. The van der Waals surface area contributed by atoms with E-state index in [4.69, 9.17) is 9.47 Å². The molecule has 1 heterocycles. The van der Waals surface area contributed by atoms with Gasteiger partial charge in [-0.1, -0.05) is 42.0 Å². The summed E-state index contributed by atoms with van der Waals surface area (Å²) in [7, 11) is 0. The third-order valence-corrected chi connectivity index (χ3v) is 8.32. The van der Waals surface area contributed by atoms with Crippen LogP contribution in [0, 0.1) is 10.5 Å². The first-order valence-electron chi connectivity index (χ1n) is 13.4. The molecule has 5 aromatic rings. The molecule has 0 aliphatic heterocycles. The number of rotatable bonds is 11. The van der Waals surface area contributed by atoms with Crippen LogP contribution < -0.4 is 20.2 Å². The van der Waals surface area contributed by atoms with Crippen molar-refractivity contribution in [2.24, 2.45) is 5.10 Å². The Bertz CT molecular complexity index is 1720. The van der Waals surface area contributed by atoms with Gasteiger partial charge in [-0.15, -0.1) is 11.3 Å². The molecule has 0 saturated carbocycles. The highest BCUT2D eigenvalue weighted by molar-refractivity contribution is 14.1. The number of carbonyl (C=O) groups excluding carboxylic acids is 1. The van der Waals surface area contributed by atoms with Crippen molar-refractivity contribution in [3.8, 4) is 22.8 Å². The summed E-state index contributed by atoms with van der Waals surface area (Å²) < 4.78 is 13.8. The van der Waals surface area contributed by atoms with Gasteiger partial charge in [-0.3, -0.25) is 4.79 Å². The molecule has 0 aliphatic carbocycles. The molecule has 0 radical (unpaired) electrons. The molecule has 218 valence electrons. The third-order valence-electron chi connectivity index (χ3n) is 6.26. The van der Waals surface area contributed by atoms with Crippen LogP contribution in [0.5, 0.6) is 11.5 Å². The molecule has 1 aromatic heterocycles. The average molecular weight is 767 g/mol. The van der Waals surface area contributed by atoms with Crippen LogP contribution in [-0.2, 0) is 6.61 Å². The fourth-order valence-corrected chi connectivity index (χ4v) is 5.72. The number of nitrogens with one attached hydrogen (secondary N) is 2. The van der Waals surface area contributed by atoms with Crippen LogP contribution in [0.3, 0.4) is 0 Å². The third kappa shape index (κ3) is 8.43. The summed E-state index contributed by atoms with van der Waals surface area (Å²) in [6.45, 7) is 4.86. The van der Waals surface area contributed by atoms with E-state index in [9.17, 15) is 4.79 Å². The van der Waals surface area contributed by atoms with E-state index in [0.29, 0.717) is 30.3 Å². The number of amides is 1. The molecule has 0 aliphatic rings. The molecule has 0 bridgehead atoms. The van der Waals surface area contributed by atoms with Crippen molar-refractivity contribution in [2.75, 3.05) is 11.9 Å². The van der Waals surface area contributed by atoms with Crippen LogP contribution in [0.4, 0.5) is 10.8 Å². The maximum absolute atomic E-state index is 12.7. The molecule has 0 fully saturated rings. The summed E-state index contributed by atoms with van der Waals surface area (Å²) in [5, 5.41) is 10.3. The SMILES string of the molecule is CCOc1cc(/C=N\NC(=O)c2ccc(-c3csc(Nc4ccc(C)cc4)n3)cc2)cc(Br)c1OCc1ccc(I)cc1. The minimum Gasteiger partial charge on any atom is -0.490 e. The Morgan fingerprint density at radius 1 is 1.02 bits per heavy atom. The lowest BCUT2D eigenvalue weighted by Gasteiger charge is -2.14. The highest BCUT2D eigenvalue weighted by Gasteiger charge is 2.13. The molecule has 5 rings (SSSR count). The van der Waals surface area contributed by atoms with E-state index in [-0.39, 0.29) is 5.91 Å². The molecule has 7 nitrogen and oxygen atoms in total. The maximum Gasteiger partial charge on any atom is 0.271 e. The standard InChI is InChI=1S/C33H28BrIN4O3S/c1-3-41-30-17-23(16-28(34)31(30)42-19-22-6-12-26(35)13-7-22)18-36-39-32(40)25-10-8-24(9-11-25)29-20-43-33(38-29)37-27-14-4-21(2)5-15-27/h4-18,20H,3,19H2,1-2H3,(H,37,38)(H,39,40)/b36-18-. The van der Waals surface area contributed by atoms with Crippen LogP contribution in [0.1, 0.15) is 34.0 Å². The number of nitrogens with zero attached hydrogens (tertiary/aromatic N) is 2. The van der Waals surface area contributed by atoms with Crippen molar-refractivity contribution in [1.29, 1.82) is 0 Å². The van der Waals surface area contributed by atoms with Crippen LogP contribution in [0.2, 0.25) is 0 Å². The number of carbonyl (C=O) groups is 1. The molecule has 2 N–H and O–H groups in total. The van der Waals surface area contributed by atoms with Gasteiger partial charge < -0.3 is 14.8 Å². The van der Waals surface area contributed by atoms with E-state index < -0.39 is 0 Å². The summed E-state index contributed by atoms with van der Waals surface area (Å²) in [5.41, 5.74) is 8.84. The zero-order valence-electron chi connectivity index (χ0n) is 23.4. The first-order chi connectivity index (χ1) is 20.9. The van der Waals surface area contributed by atoms with Gasteiger partial charge in [0.1, 0.15) is 6.61 Å². The van der Waals surface area contributed by atoms with Gasteiger partial charge in [-0.2, -0.15) is 5.10 Å².